The van der Waals surface area contributed by atoms with E-state index in [2.05, 4.69) is 0 Å². The minimum atomic E-state index is -3.96. The number of rotatable bonds is 5. The van der Waals surface area contributed by atoms with Gasteiger partial charge in [0.1, 0.15) is 16.5 Å². The van der Waals surface area contributed by atoms with Gasteiger partial charge in [-0.15, -0.1) is 0 Å². The summed E-state index contributed by atoms with van der Waals surface area (Å²) in [5.41, 5.74) is 0.235. The molecule has 0 saturated carbocycles. The Labute approximate surface area is 103 Å². The van der Waals surface area contributed by atoms with Gasteiger partial charge in [0.2, 0.25) is 0 Å². The zero-order valence-corrected chi connectivity index (χ0v) is 10.4. The van der Waals surface area contributed by atoms with Crippen molar-refractivity contribution in [3.8, 4) is 0 Å². The molecule has 4 nitrogen and oxygen atoms in total. The molecule has 0 atom stereocenters. The van der Waals surface area contributed by atoms with E-state index < -0.39 is 32.3 Å². The van der Waals surface area contributed by atoms with Crippen molar-refractivity contribution in [2.75, 3.05) is 6.26 Å². The van der Waals surface area contributed by atoms with Crippen molar-refractivity contribution in [3.63, 3.8) is 0 Å². The van der Waals surface area contributed by atoms with E-state index >= 15 is 0 Å². The van der Waals surface area contributed by atoms with Crippen LogP contribution in [-0.4, -0.2) is 25.7 Å². The Morgan fingerprint density at radius 3 is 2.17 bits per heavy atom. The summed E-state index contributed by atoms with van der Waals surface area (Å²) in [5.74, 6) is -3.30. The summed E-state index contributed by atoms with van der Waals surface area (Å²) in [7, 11) is -3.96. The van der Waals surface area contributed by atoms with E-state index in [0.29, 0.717) is 0 Å². The predicted molar refractivity (Wildman–Crippen MR) is 60.0 cm³/mol. The first-order valence-corrected chi connectivity index (χ1v) is 7.00. The molecule has 0 aliphatic rings. The number of halogens is 2. The van der Waals surface area contributed by atoms with Gasteiger partial charge in [0.05, 0.1) is 0 Å². The fourth-order valence-corrected chi connectivity index (χ4v) is 2.38. The number of carboxylic acid groups (broad SMARTS) is 1. The van der Waals surface area contributed by atoms with E-state index in [4.69, 9.17) is 5.11 Å². The Balaban J connectivity index is 2.97. The molecule has 0 unspecified atom stereocenters. The summed E-state index contributed by atoms with van der Waals surface area (Å²) >= 11 is 0. The van der Waals surface area contributed by atoms with E-state index in [9.17, 15) is 22.0 Å². The fraction of sp³-hybridized carbons (Fsp3) is 0.364. The molecule has 18 heavy (non-hydrogen) atoms. The highest BCUT2D eigenvalue weighted by atomic mass is 32.2. The van der Waals surface area contributed by atoms with Crippen LogP contribution < -0.4 is 0 Å². The molecule has 0 aliphatic heterocycles. The zero-order valence-electron chi connectivity index (χ0n) is 9.61. The van der Waals surface area contributed by atoms with E-state index in [-0.39, 0.29) is 24.8 Å². The molecule has 0 bridgehead atoms. The average molecular weight is 278 g/mol. The van der Waals surface area contributed by atoms with Crippen molar-refractivity contribution in [2.45, 2.75) is 24.2 Å². The van der Waals surface area contributed by atoms with Crippen LogP contribution >= 0.6 is 0 Å². The van der Waals surface area contributed by atoms with Gasteiger partial charge in [-0.25, -0.2) is 17.2 Å². The van der Waals surface area contributed by atoms with Crippen molar-refractivity contribution in [3.05, 3.63) is 29.3 Å². The summed E-state index contributed by atoms with van der Waals surface area (Å²) in [6.07, 6.45) is 1.01. The molecule has 100 valence electrons. The lowest BCUT2D eigenvalue weighted by molar-refractivity contribution is -0.137. The second-order valence-electron chi connectivity index (χ2n) is 3.91. The number of benzene rings is 1. The quantitative estimate of drug-likeness (QED) is 0.891. The maximum atomic E-state index is 13.5. The SMILES string of the molecule is CS(=O)(=O)c1c(F)cc(CCCC(=O)O)cc1F. The molecular weight excluding hydrogens is 266 g/mol. The molecule has 0 heterocycles. The Morgan fingerprint density at radius 2 is 1.78 bits per heavy atom. The summed E-state index contributed by atoms with van der Waals surface area (Å²) in [4.78, 5) is 9.33. The third-order valence-electron chi connectivity index (χ3n) is 2.28. The largest absolute Gasteiger partial charge is 0.481 e. The van der Waals surface area contributed by atoms with Gasteiger partial charge in [-0.05, 0) is 30.5 Å². The second kappa shape index (κ2) is 5.43. The van der Waals surface area contributed by atoms with Gasteiger partial charge in [-0.1, -0.05) is 0 Å². The zero-order chi connectivity index (χ0) is 13.9. The minimum absolute atomic E-state index is 0.114. The third-order valence-corrected chi connectivity index (χ3v) is 3.42. The second-order valence-corrected chi connectivity index (χ2v) is 5.86. The van der Waals surface area contributed by atoms with Gasteiger partial charge < -0.3 is 5.11 Å². The molecule has 1 rings (SSSR count). The molecule has 0 fully saturated rings. The number of sulfone groups is 1. The van der Waals surface area contributed by atoms with Gasteiger partial charge >= 0.3 is 5.97 Å². The van der Waals surface area contributed by atoms with Crippen molar-refractivity contribution < 1.29 is 27.1 Å². The van der Waals surface area contributed by atoms with Crippen LogP contribution in [0.2, 0.25) is 0 Å². The molecule has 1 aromatic rings. The number of carboxylic acids is 1. The minimum Gasteiger partial charge on any atom is -0.481 e. The predicted octanol–water partition coefficient (Wildman–Crippen LogP) is 1.78. The lowest BCUT2D eigenvalue weighted by Crippen LogP contribution is -2.06. The normalized spacial score (nSPS) is 11.5. The number of hydrogen-bond donors (Lipinski definition) is 1. The van der Waals surface area contributed by atoms with Crippen LogP contribution in [0.25, 0.3) is 0 Å². The van der Waals surface area contributed by atoms with Gasteiger partial charge in [0.15, 0.2) is 9.84 Å². The highest BCUT2D eigenvalue weighted by Gasteiger charge is 2.20. The Kier molecular flexibility index (Phi) is 4.39. The summed E-state index contributed by atoms with van der Waals surface area (Å²) in [5, 5.41) is 8.42. The van der Waals surface area contributed by atoms with Gasteiger partial charge in [0, 0.05) is 12.7 Å². The Morgan fingerprint density at radius 1 is 1.28 bits per heavy atom. The first-order valence-electron chi connectivity index (χ1n) is 5.11. The maximum Gasteiger partial charge on any atom is 0.303 e. The topological polar surface area (TPSA) is 71.4 Å². The van der Waals surface area contributed by atoms with E-state index in [1.54, 1.807) is 0 Å². The first kappa shape index (κ1) is 14.6. The lowest BCUT2D eigenvalue weighted by Gasteiger charge is -2.06. The van der Waals surface area contributed by atoms with Gasteiger partial charge in [0.25, 0.3) is 0 Å². The summed E-state index contributed by atoms with van der Waals surface area (Å²) in [6, 6.07) is 1.84. The van der Waals surface area contributed by atoms with E-state index in [0.717, 1.165) is 18.4 Å². The monoisotopic (exact) mass is 278 g/mol. The Bertz CT molecular complexity index is 543. The fourth-order valence-electron chi connectivity index (χ4n) is 1.55. The number of aryl methyl sites for hydroxylation is 1. The highest BCUT2D eigenvalue weighted by Crippen LogP contribution is 2.21. The smallest absolute Gasteiger partial charge is 0.303 e. The maximum absolute atomic E-state index is 13.5. The van der Waals surface area contributed by atoms with Crippen molar-refractivity contribution in [1.29, 1.82) is 0 Å². The lowest BCUT2D eigenvalue weighted by atomic mass is 10.1. The molecule has 1 aromatic carbocycles. The Hall–Kier alpha value is -1.50. The molecule has 0 saturated heterocycles. The summed E-state index contributed by atoms with van der Waals surface area (Å²) in [6.45, 7) is 0. The number of hydrogen-bond acceptors (Lipinski definition) is 3. The van der Waals surface area contributed by atoms with Crippen LogP contribution in [-0.2, 0) is 21.1 Å². The molecular formula is C11H12F2O4S. The van der Waals surface area contributed by atoms with E-state index in [1.165, 1.54) is 0 Å². The van der Waals surface area contributed by atoms with Crippen molar-refractivity contribution in [1.82, 2.24) is 0 Å². The van der Waals surface area contributed by atoms with Gasteiger partial charge in [-0.3, -0.25) is 4.79 Å². The molecule has 0 aromatic heterocycles. The van der Waals surface area contributed by atoms with Crippen LogP contribution in [0.1, 0.15) is 18.4 Å². The molecule has 7 heteroatoms. The average Bonchev–Trinajstić information content (AvgIpc) is 2.12. The van der Waals surface area contributed by atoms with Crippen LogP contribution in [0, 0.1) is 11.6 Å². The third kappa shape index (κ3) is 3.76. The molecule has 1 N–H and O–H groups in total. The van der Waals surface area contributed by atoms with Crippen molar-refractivity contribution in [2.24, 2.45) is 0 Å². The summed E-state index contributed by atoms with van der Waals surface area (Å²) < 4.78 is 49.2. The van der Waals surface area contributed by atoms with Crippen LogP contribution in [0.5, 0.6) is 0 Å². The molecule has 0 amide bonds. The first-order chi connectivity index (χ1) is 8.21. The number of aliphatic carboxylic acids is 1. The van der Waals surface area contributed by atoms with Crippen LogP contribution in [0.15, 0.2) is 17.0 Å². The van der Waals surface area contributed by atoms with Gasteiger partial charge in [-0.2, -0.15) is 0 Å². The highest BCUT2D eigenvalue weighted by molar-refractivity contribution is 7.90. The van der Waals surface area contributed by atoms with Crippen molar-refractivity contribution >= 4 is 15.8 Å². The van der Waals surface area contributed by atoms with E-state index in [1.807, 2.05) is 0 Å². The van der Waals surface area contributed by atoms with Crippen LogP contribution in [0.3, 0.4) is 0 Å². The van der Waals surface area contributed by atoms with Crippen LogP contribution in [0.4, 0.5) is 8.78 Å². The molecule has 0 radical (unpaired) electrons. The molecule has 0 spiro atoms. The molecule has 0 aliphatic carbocycles. The standard InChI is InChI=1S/C11H12F2O4S/c1-18(16,17)11-8(12)5-7(6-9(11)13)3-2-4-10(14)15/h5-6H,2-4H2,1H3,(H,14,15). The number of carbonyl (C=O) groups is 1.